The Kier molecular flexibility index (Phi) is 5.55. The Morgan fingerprint density at radius 1 is 0.919 bits per heavy atom. The van der Waals surface area contributed by atoms with E-state index < -0.39 is 11.0 Å². The number of ether oxygens (including phenoxy) is 1. The lowest BCUT2D eigenvalue weighted by Crippen LogP contribution is -2.50. The van der Waals surface area contributed by atoms with Crippen molar-refractivity contribution in [1.82, 2.24) is 9.80 Å². The third-order valence-electron chi connectivity index (χ3n) is 8.52. The third kappa shape index (κ3) is 3.80. The fraction of sp³-hybridized carbons (Fsp3) is 0.483. The first kappa shape index (κ1) is 23.9. The summed E-state index contributed by atoms with van der Waals surface area (Å²) in [5, 5.41) is 0. The van der Waals surface area contributed by atoms with Crippen molar-refractivity contribution < 1.29 is 23.5 Å². The minimum Gasteiger partial charge on any atom is -0.449 e. The van der Waals surface area contributed by atoms with E-state index in [0.29, 0.717) is 69.7 Å². The van der Waals surface area contributed by atoms with Crippen LogP contribution in [0.2, 0.25) is 0 Å². The first-order valence-corrected chi connectivity index (χ1v) is 13.2. The van der Waals surface area contributed by atoms with Crippen LogP contribution in [0.25, 0.3) is 0 Å². The van der Waals surface area contributed by atoms with Crippen LogP contribution in [0.4, 0.5) is 10.1 Å². The molecule has 3 aliphatic heterocycles. The van der Waals surface area contributed by atoms with Crippen LogP contribution in [-0.2, 0) is 25.3 Å². The van der Waals surface area contributed by atoms with E-state index in [0.717, 1.165) is 11.3 Å². The zero-order valence-electron chi connectivity index (χ0n) is 21.3. The van der Waals surface area contributed by atoms with Crippen LogP contribution in [0.3, 0.4) is 0 Å². The monoisotopic (exact) mass is 505 g/mol. The normalized spacial score (nSPS) is 24.0. The van der Waals surface area contributed by atoms with E-state index in [1.54, 1.807) is 17.0 Å². The van der Waals surface area contributed by atoms with Gasteiger partial charge in [0, 0.05) is 61.9 Å². The zero-order chi connectivity index (χ0) is 25.9. The predicted octanol–water partition coefficient (Wildman–Crippen LogP) is 3.46. The second-order valence-electron chi connectivity index (χ2n) is 11.1. The van der Waals surface area contributed by atoms with Gasteiger partial charge in [-0.05, 0) is 31.0 Å². The van der Waals surface area contributed by atoms with Crippen molar-refractivity contribution in [3.05, 3.63) is 65.0 Å². The van der Waals surface area contributed by atoms with Crippen LogP contribution in [-0.4, -0.2) is 66.9 Å². The highest BCUT2D eigenvalue weighted by Gasteiger charge is 2.58. The van der Waals surface area contributed by atoms with Crippen LogP contribution < -0.4 is 4.90 Å². The van der Waals surface area contributed by atoms with Crippen molar-refractivity contribution >= 4 is 23.5 Å². The standard InChI is InChI=1S/C29H32FN3O4/c1-19(2)25(34)32-15-13-31(14-16-32)20-7-8-23(24(30)17-20)28(9-10-28)27(36)33-12-11-29(18-33)22-6-4-3-5-21(22)26(35)37-29/h3-8,17,19H,9-16,18H2,1-2H3. The molecule has 1 unspecified atom stereocenters. The number of benzene rings is 2. The van der Waals surface area contributed by atoms with E-state index in [2.05, 4.69) is 4.90 Å². The van der Waals surface area contributed by atoms with E-state index in [9.17, 15) is 14.4 Å². The highest BCUT2D eigenvalue weighted by atomic mass is 19.1. The van der Waals surface area contributed by atoms with Crippen LogP contribution in [0.15, 0.2) is 42.5 Å². The molecule has 3 fully saturated rings. The lowest BCUT2D eigenvalue weighted by molar-refractivity contribution is -0.135. The Hall–Kier alpha value is -3.42. The maximum atomic E-state index is 15.5. The number of piperazine rings is 1. The molecular formula is C29H32FN3O4. The smallest absolute Gasteiger partial charge is 0.339 e. The molecule has 4 aliphatic rings. The number of hydrogen-bond acceptors (Lipinski definition) is 5. The number of esters is 1. The summed E-state index contributed by atoms with van der Waals surface area (Å²) in [7, 11) is 0. The molecule has 6 rings (SSSR count). The van der Waals surface area contributed by atoms with Gasteiger partial charge in [-0.1, -0.05) is 38.1 Å². The summed E-state index contributed by atoms with van der Waals surface area (Å²) in [6, 6.07) is 12.5. The fourth-order valence-electron chi connectivity index (χ4n) is 6.27. The first-order valence-electron chi connectivity index (χ1n) is 13.2. The Morgan fingerprint density at radius 3 is 2.32 bits per heavy atom. The van der Waals surface area contributed by atoms with Crippen LogP contribution in [0.1, 0.15) is 54.6 Å². The van der Waals surface area contributed by atoms with Crippen molar-refractivity contribution in [2.24, 2.45) is 5.92 Å². The number of amides is 2. The minimum atomic E-state index is -0.849. The third-order valence-corrected chi connectivity index (χ3v) is 8.52. The molecule has 1 saturated carbocycles. The molecule has 8 heteroatoms. The zero-order valence-corrected chi connectivity index (χ0v) is 21.3. The number of halogens is 1. The predicted molar refractivity (Wildman–Crippen MR) is 136 cm³/mol. The molecule has 0 radical (unpaired) electrons. The van der Waals surface area contributed by atoms with E-state index in [1.165, 1.54) is 6.07 Å². The highest BCUT2D eigenvalue weighted by molar-refractivity contribution is 5.96. The molecule has 2 aromatic rings. The summed E-state index contributed by atoms with van der Waals surface area (Å²) in [6.07, 6.45) is 1.76. The molecule has 1 aliphatic carbocycles. The SMILES string of the molecule is CC(C)C(=O)N1CCN(c2ccc(C3(C(=O)N4CCC5(C4)OC(=O)c4ccccc45)CC3)c(F)c2)CC1. The number of carbonyl (C=O) groups excluding carboxylic acids is 3. The van der Waals surface area contributed by atoms with E-state index in [-0.39, 0.29) is 29.5 Å². The Balaban J connectivity index is 1.17. The summed E-state index contributed by atoms with van der Waals surface area (Å²) < 4.78 is 21.3. The lowest BCUT2D eigenvalue weighted by atomic mass is 9.91. The minimum absolute atomic E-state index is 0.0310. The quantitative estimate of drug-likeness (QED) is 0.596. The number of nitrogens with zero attached hydrogens (tertiary/aromatic N) is 3. The summed E-state index contributed by atoms with van der Waals surface area (Å²) in [6.45, 7) is 7.11. The van der Waals surface area contributed by atoms with Crippen molar-refractivity contribution in [3.8, 4) is 0 Å². The maximum absolute atomic E-state index is 15.5. The van der Waals surface area contributed by atoms with Gasteiger partial charge < -0.3 is 19.4 Å². The summed E-state index contributed by atoms with van der Waals surface area (Å²) in [5.41, 5.74) is 0.967. The second kappa shape index (κ2) is 8.57. The number of fused-ring (bicyclic) bond motifs is 2. The van der Waals surface area contributed by atoms with Gasteiger partial charge in [-0.2, -0.15) is 0 Å². The van der Waals surface area contributed by atoms with Gasteiger partial charge in [0.2, 0.25) is 11.8 Å². The molecule has 3 heterocycles. The molecule has 2 amide bonds. The van der Waals surface area contributed by atoms with Crippen molar-refractivity contribution in [1.29, 1.82) is 0 Å². The number of hydrogen-bond donors (Lipinski definition) is 0. The summed E-state index contributed by atoms with van der Waals surface area (Å²) >= 11 is 0. The molecule has 1 atom stereocenters. The Labute approximate surface area is 216 Å². The van der Waals surface area contributed by atoms with Gasteiger partial charge in [0.15, 0.2) is 5.60 Å². The molecule has 37 heavy (non-hydrogen) atoms. The molecule has 2 saturated heterocycles. The molecule has 2 aromatic carbocycles. The molecule has 0 bridgehead atoms. The molecule has 194 valence electrons. The molecule has 7 nitrogen and oxygen atoms in total. The van der Waals surface area contributed by atoms with Gasteiger partial charge in [-0.3, -0.25) is 9.59 Å². The van der Waals surface area contributed by atoms with E-state index in [1.807, 2.05) is 43.0 Å². The number of anilines is 1. The van der Waals surface area contributed by atoms with Gasteiger partial charge in [-0.25, -0.2) is 9.18 Å². The van der Waals surface area contributed by atoms with E-state index >= 15 is 4.39 Å². The number of likely N-dealkylation sites (tertiary alicyclic amines) is 1. The average Bonchev–Trinajstić information content (AvgIpc) is 3.52. The van der Waals surface area contributed by atoms with Crippen molar-refractivity contribution in [2.75, 3.05) is 44.2 Å². The van der Waals surface area contributed by atoms with Crippen molar-refractivity contribution in [2.45, 2.75) is 44.1 Å². The van der Waals surface area contributed by atoms with Gasteiger partial charge in [0.05, 0.1) is 17.5 Å². The molecule has 1 spiro atoms. The summed E-state index contributed by atoms with van der Waals surface area (Å²) in [5.74, 6) is -0.679. The highest BCUT2D eigenvalue weighted by Crippen LogP contribution is 2.53. The second-order valence-corrected chi connectivity index (χ2v) is 11.1. The van der Waals surface area contributed by atoms with Crippen LogP contribution in [0.5, 0.6) is 0 Å². The number of carbonyl (C=O) groups is 3. The van der Waals surface area contributed by atoms with Crippen molar-refractivity contribution in [3.63, 3.8) is 0 Å². The lowest BCUT2D eigenvalue weighted by Gasteiger charge is -2.37. The topological polar surface area (TPSA) is 70.2 Å². The molecule has 0 N–H and O–H groups in total. The summed E-state index contributed by atoms with van der Waals surface area (Å²) in [4.78, 5) is 44.1. The fourth-order valence-corrected chi connectivity index (χ4v) is 6.27. The van der Waals surface area contributed by atoms with Gasteiger partial charge >= 0.3 is 5.97 Å². The van der Waals surface area contributed by atoms with Crippen LogP contribution in [0, 0.1) is 11.7 Å². The average molecular weight is 506 g/mol. The van der Waals surface area contributed by atoms with Gasteiger partial charge in [0.25, 0.3) is 0 Å². The molecular weight excluding hydrogens is 473 g/mol. The number of rotatable bonds is 4. The Morgan fingerprint density at radius 2 is 1.65 bits per heavy atom. The van der Waals surface area contributed by atoms with Gasteiger partial charge in [0.1, 0.15) is 5.82 Å². The van der Waals surface area contributed by atoms with E-state index in [4.69, 9.17) is 4.74 Å². The largest absolute Gasteiger partial charge is 0.449 e. The first-order chi connectivity index (χ1) is 17.7. The van der Waals surface area contributed by atoms with Crippen LogP contribution >= 0.6 is 0 Å². The van der Waals surface area contributed by atoms with Gasteiger partial charge in [-0.15, -0.1) is 0 Å². The molecule has 0 aromatic heterocycles. The maximum Gasteiger partial charge on any atom is 0.339 e. The Bertz CT molecular complexity index is 1280.